The van der Waals surface area contributed by atoms with Gasteiger partial charge in [-0.2, -0.15) is 27.8 Å². The summed E-state index contributed by atoms with van der Waals surface area (Å²) >= 11 is 4.64. The number of halogens is 1. The van der Waals surface area contributed by atoms with Crippen LogP contribution in [-0.4, -0.2) is 26.7 Å². The predicted molar refractivity (Wildman–Crippen MR) is 147 cm³/mol. The van der Waals surface area contributed by atoms with Crippen molar-refractivity contribution in [3.05, 3.63) is 88.5 Å². The minimum absolute atomic E-state index is 0.212. The Bertz CT molecular complexity index is 701. The molecule has 0 N–H and O–H groups in total. The van der Waals surface area contributed by atoms with Crippen molar-refractivity contribution in [1.82, 2.24) is 0 Å². The van der Waals surface area contributed by atoms with Crippen LogP contribution < -0.4 is 10.6 Å². The molecule has 3 aromatic rings. The Kier molecular flexibility index (Phi) is 16.3. The van der Waals surface area contributed by atoms with Crippen LogP contribution in [0.25, 0.3) is 0 Å². The van der Waals surface area contributed by atoms with Gasteiger partial charge in [0.1, 0.15) is 0 Å². The monoisotopic (exact) mass is 684 g/mol. The fraction of sp³-hybridized carbons (Fsp3) is 0.346. The summed E-state index contributed by atoms with van der Waals surface area (Å²) in [6.45, 7) is 20.2. The van der Waals surface area contributed by atoms with Gasteiger partial charge >= 0.3 is 30.2 Å². The summed E-state index contributed by atoms with van der Waals surface area (Å²) in [6.07, 6.45) is 0. The molecule has 0 saturated carbocycles. The third-order valence-corrected chi connectivity index (χ3v) is 8.49. The summed E-state index contributed by atoms with van der Waals surface area (Å²) in [5.41, 5.74) is 7.34. The Morgan fingerprint density at radius 3 is 1.00 bits per heavy atom. The summed E-state index contributed by atoms with van der Waals surface area (Å²) in [5.74, 6) is 0. The quantitative estimate of drug-likeness (QED) is 0.196. The number of hydrogen-bond acceptors (Lipinski definition) is 0. The molecule has 3 aromatic carbocycles. The van der Waals surface area contributed by atoms with Gasteiger partial charge in [0.25, 0.3) is 0 Å². The summed E-state index contributed by atoms with van der Waals surface area (Å²) in [5, 5.41) is 3.03. The molecule has 3 rings (SSSR count). The van der Waals surface area contributed by atoms with Gasteiger partial charge in [-0.1, -0.05) is 71.0 Å². The Morgan fingerprint density at radius 2 is 0.867 bits per heavy atom. The van der Waals surface area contributed by atoms with Crippen molar-refractivity contribution in [2.45, 2.75) is 34.6 Å². The Morgan fingerprint density at radius 1 is 0.600 bits per heavy atom. The first-order valence-corrected chi connectivity index (χ1v) is 20.8. The average Bonchev–Trinajstić information content (AvgIpc) is 2.95. The average molecular weight is 684 g/mol. The van der Waals surface area contributed by atoms with E-state index in [0.29, 0.717) is 0 Å². The summed E-state index contributed by atoms with van der Waals surface area (Å²) in [6, 6.07) is 21.4. The van der Waals surface area contributed by atoms with E-state index < -0.39 is 0 Å². The van der Waals surface area contributed by atoms with Gasteiger partial charge < -0.3 is 0 Å². The zero-order chi connectivity index (χ0) is 23.3. The molecule has 0 fully saturated rings. The van der Waals surface area contributed by atoms with E-state index in [2.05, 4.69) is 136 Å². The molecule has 0 amide bonds. The molecule has 167 valence electrons. The summed E-state index contributed by atoms with van der Waals surface area (Å²) < 4.78 is 0. The molecule has 30 heavy (non-hydrogen) atoms. The van der Waals surface area contributed by atoms with Crippen LogP contribution in [0, 0.1) is 34.6 Å². The first-order valence-electron chi connectivity index (χ1n) is 10.2. The van der Waals surface area contributed by atoms with Crippen LogP contribution in [-0.2, 0) is 16.6 Å². The summed E-state index contributed by atoms with van der Waals surface area (Å²) in [4.78, 5) is 0. The predicted octanol–water partition coefficient (Wildman–Crippen LogP) is 7.36. The molecule has 0 saturated heterocycles. The van der Waals surface area contributed by atoms with E-state index in [1.54, 1.807) is 16.6 Å². The molecule has 0 radical (unpaired) electrons. The van der Waals surface area contributed by atoms with Crippen molar-refractivity contribution < 1.29 is 16.6 Å². The number of benzene rings is 2. The van der Waals surface area contributed by atoms with Crippen LogP contribution in [0.4, 0.5) is 0 Å². The van der Waals surface area contributed by atoms with Gasteiger partial charge in [0, 0.05) is 15.8 Å². The maximum absolute atomic E-state index is 2.97. The van der Waals surface area contributed by atoms with Crippen LogP contribution in [0.3, 0.4) is 0 Å². The molecule has 0 aliphatic carbocycles. The molecular weight excluding hydrogens is 644 g/mol. The molecule has 0 nitrogen and oxygen atoms in total. The maximum atomic E-state index is 2.97. The first-order chi connectivity index (χ1) is 14.2. The molecule has 0 heterocycles. The van der Waals surface area contributed by atoms with Crippen molar-refractivity contribution in [3.8, 4) is 0 Å². The molecule has 0 atom stereocenters. The first kappa shape index (κ1) is 29.8. The van der Waals surface area contributed by atoms with E-state index in [0.717, 1.165) is 0 Å². The molecule has 0 aliphatic heterocycles. The minimum atomic E-state index is -0.212. The van der Waals surface area contributed by atoms with Gasteiger partial charge in [0.15, 0.2) is 0 Å². The van der Waals surface area contributed by atoms with E-state index >= 15 is 0 Å². The molecule has 4 heteroatoms. The Balaban J connectivity index is 0.000000404. The number of rotatable bonds is 2. The van der Waals surface area contributed by atoms with Crippen molar-refractivity contribution in [2.75, 3.05) is 26.7 Å². The van der Waals surface area contributed by atoms with E-state index in [1.165, 1.54) is 38.4 Å². The molecule has 0 spiro atoms. The zero-order valence-electron chi connectivity index (χ0n) is 20.0. The summed E-state index contributed by atoms with van der Waals surface area (Å²) in [7, 11) is -0.424. The SMILES string of the molecule is C[PH+](C)c1ccccc1.C[PH+](C)c1ccccc1.Cc1c(C)c(C)[c-](C)c1C.[Br][Os]. The van der Waals surface area contributed by atoms with Crippen molar-refractivity contribution in [2.24, 2.45) is 0 Å². The second-order valence-corrected chi connectivity index (χ2v) is 13.0. The van der Waals surface area contributed by atoms with Crippen molar-refractivity contribution in [1.29, 1.82) is 0 Å². The van der Waals surface area contributed by atoms with Crippen LogP contribution in [0.2, 0.25) is 0 Å². The molecule has 0 bridgehead atoms. The van der Waals surface area contributed by atoms with E-state index in [-0.39, 0.29) is 15.8 Å². The molecule has 0 aromatic heterocycles. The van der Waals surface area contributed by atoms with Crippen molar-refractivity contribution >= 4 is 40.0 Å². The van der Waals surface area contributed by atoms with E-state index in [4.69, 9.17) is 0 Å². The van der Waals surface area contributed by atoms with E-state index in [9.17, 15) is 0 Å². The molecule has 0 unspecified atom stereocenters. The van der Waals surface area contributed by atoms with Gasteiger partial charge in [-0.15, -0.1) is 0 Å². The Labute approximate surface area is 205 Å². The van der Waals surface area contributed by atoms with Crippen LogP contribution in [0.1, 0.15) is 27.8 Å². The fourth-order valence-electron chi connectivity index (χ4n) is 2.95. The Hall–Kier alpha value is -0.234. The van der Waals surface area contributed by atoms with Gasteiger partial charge in [0.05, 0.1) is 37.3 Å². The fourth-order valence-corrected chi connectivity index (χ4v) is 4.67. The third kappa shape index (κ3) is 10.4. The molecule has 0 aliphatic rings. The van der Waals surface area contributed by atoms with Crippen LogP contribution in [0.15, 0.2) is 60.7 Å². The zero-order valence-corrected chi connectivity index (χ0v) is 26.1. The third-order valence-electron chi connectivity index (χ3n) is 5.51. The van der Waals surface area contributed by atoms with Crippen LogP contribution >= 0.6 is 29.4 Å². The van der Waals surface area contributed by atoms with E-state index in [1.807, 2.05) is 0 Å². The van der Waals surface area contributed by atoms with Gasteiger partial charge in [-0.3, -0.25) is 0 Å². The number of hydrogen-bond donors (Lipinski definition) is 0. The van der Waals surface area contributed by atoms with Gasteiger partial charge in [-0.05, 0) is 24.3 Å². The topological polar surface area (TPSA) is 0 Å². The normalized spacial score (nSPS) is 9.77. The standard InChI is InChI=1S/C10H15.2C8H11P.BrH.Os/c1-6-7(2)9(4)10(5)8(6)3;2*1-9(2)8-6-4-3-5-7-8;;/h1-5H3;2*3-7H,1-2H3;1H;/q-1;;;;+1/p+1. The van der Waals surface area contributed by atoms with Crippen LogP contribution in [0.5, 0.6) is 0 Å². The second-order valence-electron chi connectivity index (χ2n) is 7.86. The second kappa shape index (κ2) is 16.4. The van der Waals surface area contributed by atoms with Gasteiger partial charge in [-0.25, -0.2) is 0 Å². The molecular formula is C26H39BrOsP2+. The van der Waals surface area contributed by atoms with Crippen molar-refractivity contribution in [3.63, 3.8) is 0 Å². The van der Waals surface area contributed by atoms with Gasteiger partial charge in [0.2, 0.25) is 0 Å².